The molecule has 1 atom stereocenters. The van der Waals surface area contributed by atoms with Crippen molar-refractivity contribution in [2.45, 2.75) is 26.3 Å². The molecule has 2 aromatic carbocycles. The van der Waals surface area contributed by atoms with Gasteiger partial charge in [-0.25, -0.2) is 14.2 Å². The number of benzene rings is 2. The molecule has 6 nitrogen and oxygen atoms in total. The van der Waals surface area contributed by atoms with Gasteiger partial charge in [0.15, 0.2) is 0 Å². The van der Waals surface area contributed by atoms with Gasteiger partial charge in [0, 0.05) is 0 Å². The monoisotopic (exact) mass is 338 g/mol. The third-order valence-corrected chi connectivity index (χ3v) is 4.35. The summed E-state index contributed by atoms with van der Waals surface area (Å²) in [6.07, 6.45) is 0.642. The Balaban J connectivity index is 2.52. The normalized spacial score (nSPS) is 12.2. The maximum atomic E-state index is 13.1. The van der Waals surface area contributed by atoms with Crippen molar-refractivity contribution in [3.05, 3.63) is 74.9 Å². The number of nitrogens with zero attached hydrogens (tertiary/aromatic N) is 2. The minimum atomic E-state index is -1.14. The number of carbonyl (C=O) groups is 1. The van der Waals surface area contributed by atoms with Crippen LogP contribution < -0.4 is 11.2 Å². The van der Waals surface area contributed by atoms with Crippen LogP contribution in [0.2, 0.25) is 0 Å². The molecule has 0 saturated carbocycles. The molecule has 0 fully saturated rings. The number of aryl methyl sites for hydroxylation is 1. The number of hydrogen-bond donors (Lipinski definition) is 1. The Morgan fingerprint density at radius 3 is 2.40 bits per heavy atom. The molecule has 0 aliphatic rings. The topological polar surface area (TPSA) is 81.3 Å². The summed E-state index contributed by atoms with van der Waals surface area (Å²) in [6.45, 7) is 3.36. The molecule has 1 aromatic heterocycles. The van der Waals surface area contributed by atoms with Gasteiger partial charge in [-0.3, -0.25) is 9.36 Å². The van der Waals surface area contributed by atoms with Gasteiger partial charge in [-0.15, -0.1) is 0 Å². The first-order chi connectivity index (χ1) is 12.0. The van der Waals surface area contributed by atoms with Gasteiger partial charge >= 0.3 is 11.7 Å². The lowest BCUT2D eigenvalue weighted by molar-refractivity contribution is -0.140. The average molecular weight is 338 g/mol. The molecular weight excluding hydrogens is 320 g/mol. The maximum absolute atomic E-state index is 13.1. The SMILES string of the molecule is CCc1ccccc1-n1c(=O)c2ccccc2n(C(C)C(=O)O)c1=O. The summed E-state index contributed by atoms with van der Waals surface area (Å²) in [7, 11) is 0. The third-order valence-electron chi connectivity index (χ3n) is 4.35. The molecule has 25 heavy (non-hydrogen) atoms. The van der Waals surface area contributed by atoms with Gasteiger partial charge in [-0.05, 0) is 37.1 Å². The smallest absolute Gasteiger partial charge is 0.336 e. The van der Waals surface area contributed by atoms with Gasteiger partial charge in [-0.2, -0.15) is 0 Å². The quantitative estimate of drug-likeness (QED) is 0.792. The average Bonchev–Trinajstić information content (AvgIpc) is 2.62. The highest BCUT2D eigenvalue weighted by molar-refractivity contribution is 5.81. The Kier molecular flexibility index (Phi) is 4.27. The Morgan fingerprint density at radius 1 is 1.08 bits per heavy atom. The molecule has 3 rings (SSSR count). The van der Waals surface area contributed by atoms with Crippen LogP contribution in [0.15, 0.2) is 58.1 Å². The van der Waals surface area contributed by atoms with Crippen molar-refractivity contribution in [3.63, 3.8) is 0 Å². The van der Waals surface area contributed by atoms with E-state index in [1.54, 1.807) is 36.4 Å². The molecule has 6 heteroatoms. The van der Waals surface area contributed by atoms with Crippen LogP contribution in [-0.4, -0.2) is 20.2 Å². The Morgan fingerprint density at radius 2 is 1.72 bits per heavy atom. The van der Waals surface area contributed by atoms with Crippen molar-refractivity contribution in [2.75, 3.05) is 0 Å². The molecule has 0 aliphatic carbocycles. The maximum Gasteiger partial charge on any atom is 0.336 e. The molecule has 0 spiro atoms. The highest BCUT2D eigenvalue weighted by atomic mass is 16.4. The molecule has 0 aliphatic heterocycles. The van der Waals surface area contributed by atoms with Crippen molar-refractivity contribution >= 4 is 16.9 Å². The predicted molar refractivity (Wildman–Crippen MR) is 95.5 cm³/mol. The van der Waals surface area contributed by atoms with Gasteiger partial charge in [0.1, 0.15) is 6.04 Å². The summed E-state index contributed by atoms with van der Waals surface area (Å²) in [6, 6.07) is 12.6. The number of aliphatic carboxylic acids is 1. The molecule has 3 aromatic rings. The van der Waals surface area contributed by atoms with Gasteiger partial charge in [0.25, 0.3) is 5.56 Å². The van der Waals surface area contributed by atoms with E-state index < -0.39 is 23.3 Å². The zero-order valence-electron chi connectivity index (χ0n) is 14.0. The van der Waals surface area contributed by atoms with Crippen LogP contribution in [0.4, 0.5) is 0 Å². The summed E-state index contributed by atoms with van der Waals surface area (Å²) < 4.78 is 2.23. The van der Waals surface area contributed by atoms with E-state index in [-0.39, 0.29) is 0 Å². The number of rotatable bonds is 4. The number of aromatic nitrogens is 2. The molecule has 1 N–H and O–H groups in total. The fourth-order valence-corrected chi connectivity index (χ4v) is 3.01. The lowest BCUT2D eigenvalue weighted by Gasteiger charge is -2.18. The summed E-state index contributed by atoms with van der Waals surface area (Å²) in [5.74, 6) is -1.14. The van der Waals surface area contributed by atoms with Gasteiger partial charge < -0.3 is 5.11 Å². The van der Waals surface area contributed by atoms with Crippen molar-refractivity contribution in [1.82, 2.24) is 9.13 Å². The van der Waals surface area contributed by atoms with Crippen LogP contribution in [0, 0.1) is 0 Å². The molecule has 0 saturated heterocycles. The van der Waals surface area contributed by atoms with Crippen LogP contribution in [0.25, 0.3) is 16.6 Å². The van der Waals surface area contributed by atoms with Crippen molar-refractivity contribution in [3.8, 4) is 5.69 Å². The molecule has 0 amide bonds. The minimum absolute atomic E-state index is 0.307. The number of carboxylic acids is 1. The first-order valence-corrected chi connectivity index (χ1v) is 8.04. The van der Waals surface area contributed by atoms with Crippen LogP contribution in [0.3, 0.4) is 0 Å². The van der Waals surface area contributed by atoms with Gasteiger partial charge in [-0.1, -0.05) is 37.3 Å². The fraction of sp³-hybridized carbons (Fsp3) is 0.211. The summed E-state index contributed by atoms with van der Waals surface area (Å²) in [4.78, 5) is 37.5. The fourth-order valence-electron chi connectivity index (χ4n) is 3.01. The van der Waals surface area contributed by atoms with E-state index in [9.17, 15) is 19.5 Å². The van der Waals surface area contributed by atoms with Crippen molar-refractivity contribution < 1.29 is 9.90 Å². The van der Waals surface area contributed by atoms with Crippen molar-refractivity contribution in [2.24, 2.45) is 0 Å². The van der Waals surface area contributed by atoms with Gasteiger partial charge in [0.05, 0.1) is 16.6 Å². The van der Waals surface area contributed by atoms with Crippen molar-refractivity contribution in [1.29, 1.82) is 0 Å². The molecule has 128 valence electrons. The van der Waals surface area contributed by atoms with E-state index >= 15 is 0 Å². The van der Waals surface area contributed by atoms with E-state index in [1.165, 1.54) is 6.92 Å². The summed E-state index contributed by atoms with van der Waals surface area (Å²) in [5, 5.41) is 9.71. The number of carboxylic acid groups (broad SMARTS) is 1. The van der Waals surface area contributed by atoms with E-state index in [2.05, 4.69) is 0 Å². The second-order valence-corrected chi connectivity index (χ2v) is 5.81. The highest BCUT2D eigenvalue weighted by Gasteiger charge is 2.22. The molecular formula is C19H18N2O4. The largest absolute Gasteiger partial charge is 0.480 e. The first-order valence-electron chi connectivity index (χ1n) is 8.04. The standard InChI is InChI=1S/C19H18N2O4/c1-3-13-8-4-6-10-15(13)21-17(22)14-9-5-7-11-16(14)20(19(21)25)12(2)18(23)24/h4-12H,3H2,1-2H3,(H,23,24). The third kappa shape index (κ3) is 2.65. The van der Waals surface area contributed by atoms with Crippen LogP contribution >= 0.6 is 0 Å². The summed E-state index contributed by atoms with van der Waals surface area (Å²) >= 11 is 0. The minimum Gasteiger partial charge on any atom is -0.480 e. The molecule has 0 bridgehead atoms. The lowest BCUT2D eigenvalue weighted by atomic mass is 10.1. The van der Waals surface area contributed by atoms with Crippen LogP contribution in [0.5, 0.6) is 0 Å². The van der Waals surface area contributed by atoms with E-state index in [4.69, 9.17) is 0 Å². The highest BCUT2D eigenvalue weighted by Crippen LogP contribution is 2.17. The molecule has 1 heterocycles. The van der Waals surface area contributed by atoms with Crippen LogP contribution in [-0.2, 0) is 11.2 Å². The number of fused-ring (bicyclic) bond motifs is 1. The van der Waals surface area contributed by atoms with E-state index in [0.717, 1.165) is 14.7 Å². The zero-order valence-corrected chi connectivity index (χ0v) is 14.0. The Hall–Kier alpha value is -3.15. The Bertz CT molecular complexity index is 1080. The summed E-state index contributed by atoms with van der Waals surface area (Å²) in [5.41, 5.74) is 0.538. The zero-order chi connectivity index (χ0) is 18.1. The number of hydrogen-bond acceptors (Lipinski definition) is 3. The van der Waals surface area contributed by atoms with E-state index in [0.29, 0.717) is 23.0 Å². The second kappa shape index (κ2) is 6.39. The van der Waals surface area contributed by atoms with Crippen LogP contribution in [0.1, 0.15) is 25.5 Å². The lowest BCUT2D eigenvalue weighted by Crippen LogP contribution is -2.41. The first kappa shape index (κ1) is 16.7. The Labute approximate surface area is 143 Å². The van der Waals surface area contributed by atoms with Gasteiger partial charge in [0.2, 0.25) is 0 Å². The molecule has 0 radical (unpaired) electrons. The van der Waals surface area contributed by atoms with E-state index in [1.807, 2.05) is 19.1 Å². The molecule has 1 unspecified atom stereocenters. The predicted octanol–water partition coefficient (Wildman–Crippen LogP) is 2.36. The number of para-hydroxylation sites is 2. The second-order valence-electron chi connectivity index (χ2n) is 5.81.